The van der Waals surface area contributed by atoms with Crippen molar-refractivity contribution in [2.45, 2.75) is 18.9 Å². The number of carbonyl (C=O) groups is 1. The summed E-state index contributed by atoms with van der Waals surface area (Å²) in [6.07, 6.45) is -9.81. The highest BCUT2D eigenvalue weighted by Gasteiger charge is 2.31. The first kappa shape index (κ1) is 19.6. The van der Waals surface area contributed by atoms with E-state index in [1.807, 2.05) is 0 Å². The molecule has 0 heterocycles. The Morgan fingerprint density at radius 1 is 0.846 bits per heavy atom. The highest BCUT2D eigenvalue weighted by Crippen LogP contribution is 2.31. The second-order valence-electron chi connectivity index (χ2n) is 5.44. The van der Waals surface area contributed by atoms with Gasteiger partial charge in [0.2, 0.25) is 0 Å². The lowest BCUT2D eigenvalue weighted by Gasteiger charge is -2.17. The maximum Gasteiger partial charge on any atom is 0.416 e. The number of ether oxygens (including phenoxy) is 1. The molecule has 0 saturated heterocycles. The summed E-state index contributed by atoms with van der Waals surface area (Å²) >= 11 is 0. The smallest absolute Gasteiger partial charge is 0.410 e. The number of alkyl halides is 6. The van der Waals surface area contributed by atoms with Crippen LogP contribution in [0.5, 0.6) is 5.75 Å². The van der Waals surface area contributed by atoms with Crippen LogP contribution >= 0.6 is 0 Å². The van der Waals surface area contributed by atoms with Crippen molar-refractivity contribution in [2.75, 3.05) is 7.05 Å². The van der Waals surface area contributed by atoms with Crippen LogP contribution in [-0.4, -0.2) is 18.0 Å². The van der Waals surface area contributed by atoms with Gasteiger partial charge in [0.25, 0.3) is 0 Å². The van der Waals surface area contributed by atoms with Gasteiger partial charge in [-0.1, -0.05) is 12.1 Å². The second-order valence-corrected chi connectivity index (χ2v) is 5.44. The lowest BCUT2D eigenvalue weighted by molar-refractivity contribution is -0.138. The summed E-state index contributed by atoms with van der Waals surface area (Å²) in [5.74, 6) is -0.0812. The Bertz CT molecular complexity index is 751. The molecule has 0 radical (unpaired) electrons. The van der Waals surface area contributed by atoms with Gasteiger partial charge < -0.3 is 9.64 Å². The molecule has 2 aromatic rings. The van der Waals surface area contributed by atoms with E-state index in [2.05, 4.69) is 0 Å². The van der Waals surface area contributed by atoms with Crippen molar-refractivity contribution >= 4 is 6.09 Å². The van der Waals surface area contributed by atoms with E-state index in [1.54, 1.807) is 0 Å². The highest BCUT2D eigenvalue weighted by molar-refractivity contribution is 5.70. The van der Waals surface area contributed by atoms with Gasteiger partial charge in [-0.05, 0) is 42.0 Å². The standard InChI is InChI=1S/C17H13F6NO2/c1-24(10-11-2-4-12(5-3-11)16(18,19)20)15(25)26-14-8-6-13(7-9-14)17(21,22)23/h2-9H,10H2,1H3. The van der Waals surface area contributed by atoms with Crippen molar-refractivity contribution in [1.82, 2.24) is 4.90 Å². The lowest BCUT2D eigenvalue weighted by Crippen LogP contribution is -2.29. The molecule has 3 nitrogen and oxygen atoms in total. The first-order valence-electron chi connectivity index (χ1n) is 7.23. The van der Waals surface area contributed by atoms with Crippen molar-refractivity contribution in [3.8, 4) is 5.75 Å². The Labute approximate surface area is 144 Å². The predicted octanol–water partition coefficient (Wildman–Crippen LogP) is 5.36. The van der Waals surface area contributed by atoms with Gasteiger partial charge in [0.05, 0.1) is 11.1 Å². The molecule has 0 atom stereocenters. The molecule has 2 aromatic carbocycles. The molecule has 1 amide bonds. The van der Waals surface area contributed by atoms with E-state index >= 15 is 0 Å². The molecule has 0 bridgehead atoms. The predicted molar refractivity (Wildman–Crippen MR) is 80.4 cm³/mol. The fourth-order valence-electron chi connectivity index (χ4n) is 2.03. The quantitative estimate of drug-likeness (QED) is 0.675. The number of carbonyl (C=O) groups excluding carboxylic acids is 1. The molecule has 140 valence electrons. The first-order valence-corrected chi connectivity index (χ1v) is 7.23. The summed E-state index contributed by atoms with van der Waals surface area (Å²) in [5, 5.41) is 0. The van der Waals surface area contributed by atoms with Gasteiger partial charge in [-0.2, -0.15) is 26.3 Å². The Kier molecular flexibility index (Phi) is 5.48. The van der Waals surface area contributed by atoms with Crippen LogP contribution < -0.4 is 4.74 Å². The van der Waals surface area contributed by atoms with Crippen molar-refractivity contribution in [2.24, 2.45) is 0 Å². The molecule has 26 heavy (non-hydrogen) atoms. The first-order chi connectivity index (χ1) is 12.0. The average molecular weight is 377 g/mol. The van der Waals surface area contributed by atoms with Crippen LogP contribution in [-0.2, 0) is 18.9 Å². The van der Waals surface area contributed by atoms with Crippen LogP contribution in [0.4, 0.5) is 31.1 Å². The summed E-state index contributed by atoms with van der Waals surface area (Å²) < 4.78 is 79.8. The molecule has 9 heteroatoms. The number of hydrogen-bond donors (Lipinski definition) is 0. The van der Waals surface area contributed by atoms with Gasteiger partial charge in [-0.3, -0.25) is 0 Å². The lowest BCUT2D eigenvalue weighted by atomic mass is 10.1. The zero-order chi connectivity index (χ0) is 19.5. The molecule has 0 aliphatic heterocycles. The van der Waals surface area contributed by atoms with Crippen molar-refractivity contribution in [3.05, 3.63) is 65.2 Å². The molecule has 0 aromatic heterocycles. The van der Waals surface area contributed by atoms with Crippen LogP contribution in [0.15, 0.2) is 48.5 Å². The fourth-order valence-corrected chi connectivity index (χ4v) is 2.03. The summed E-state index contributed by atoms with van der Waals surface area (Å²) in [6.45, 7) is -0.0302. The van der Waals surface area contributed by atoms with E-state index in [-0.39, 0.29) is 12.3 Å². The number of benzene rings is 2. The monoisotopic (exact) mass is 377 g/mol. The minimum absolute atomic E-state index is 0.0302. The van der Waals surface area contributed by atoms with Crippen LogP contribution in [0, 0.1) is 0 Å². The number of halogens is 6. The molecule has 0 unspecified atom stereocenters. The molecule has 0 aliphatic carbocycles. The number of hydrogen-bond acceptors (Lipinski definition) is 2. The van der Waals surface area contributed by atoms with E-state index in [9.17, 15) is 31.1 Å². The normalized spacial score (nSPS) is 12.0. The average Bonchev–Trinajstić information content (AvgIpc) is 2.54. The fraction of sp³-hybridized carbons (Fsp3) is 0.235. The van der Waals surface area contributed by atoms with Gasteiger partial charge >= 0.3 is 18.4 Å². The van der Waals surface area contributed by atoms with Gasteiger partial charge in [0.1, 0.15) is 5.75 Å². The van der Waals surface area contributed by atoms with Gasteiger partial charge in [0, 0.05) is 13.6 Å². The maximum atomic E-state index is 12.5. The minimum atomic E-state index is -4.50. The summed E-state index contributed by atoms with van der Waals surface area (Å²) in [6, 6.07) is 7.81. The number of amides is 1. The molecule has 0 saturated carbocycles. The number of nitrogens with zero attached hydrogens (tertiary/aromatic N) is 1. The van der Waals surface area contributed by atoms with E-state index in [4.69, 9.17) is 4.74 Å². The summed E-state index contributed by atoms with van der Waals surface area (Å²) in [4.78, 5) is 13.0. The van der Waals surface area contributed by atoms with E-state index < -0.39 is 29.6 Å². The maximum absolute atomic E-state index is 12.5. The molecule has 0 aliphatic rings. The van der Waals surface area contributed by atoms with Crippen molar-refractivity contribution in [3.63, 3.8) is 0 Å². The topological polar surface area (TPSA) is 29.5 Å². The van der Waals surface area contributed by atoms with Gasteiger partial charge in [-0.15, -0.1) is 0 Å². The minimum Gasteiger partial charge on any atom is -0.410 e. The summed E-state index contributed by atoms with van der Waals surface area (Å²) in [7, 11) is 1.35. The third-order valence-corrected chi connectivity index (χ3v) is 3.40. The Morgan fingerprint density at radius 3 is 1.69 bits per heavy atom. The van der Waals surface area contributed by atoms with E-state index in [0.29, 0.717) is 5.56 Å². The van der Waals surface area contributed by atoms with Crippen LogP contribution in [0.25, 0.3) is 0 Å². The van der Waals surface area contributed by atoms with Crippen LogP contribution in [0.3, 0.4) is 0 Å². The third kappa shape index (κ3) is 5.14. The SMILES string of the molecule is CN(Cc1ccc(C(F)(F)F)cc1)C(=O)Oc1ccc(C(F)(F)F)cc1. The Hall–Kier alpha value is -2.71. The van der Waals surface area contributed by atoms with Gasteiger partial charge in [0.15, 0.2) is 0 Å². The number of rotatable bonds is 3. The molecule has 0 fully saturated rings. The zero-order valence-corrected chi connectivity index (χ0v) is 13.4. The molecule has 0 spiro atoms. The largest absolute Gasteiger partial charge is 0.416 e. The van der Waals surface area contributed by atoms with Crippen LogP contribution in [0.2, 0.25) is 0 Å². The Balaban J connectivity index is 1.97. The second kappa shape index (κ2) is 7.27. The highest BCUT2D eigenvalue weighted by atomic mass is 19.4. The van der Waals surface area contributed by atoms with Gasteiger partial charge in [-0.25, -0.2) is 4.79 Å². The molecule has 0 N–H and O–H groups in total. The van der Waals surface area contributed by atoms with E-state index in [0.717, 1.165) is 41.3 Å². The molecular weight excluding hydrogens is 364 g/mol. The third-order valence-electron chi connectivity index (χ3n) is 3.40. The zero-order valence-electron chi connectivity index (χ0n) is 13.4. The van der Waals surface area contributed by atoms with Crippen molar-refractivity contribution < 1.29 is 35.9 Å². The van der Waals surface area contributed by atoms with Crippen molar-refractivity contribution in [1.29, 1.82) is 0 Å². The van der Waals surface area contributed by atoms with Crippen LogP contribution in [0.1, 0.15) is 16.7 Å². The Morgan fingerprint density at radius 2 is 1.27 bits per heavy atom. The molecular formula is C17H13F6NO2. The van der Waals surface area contributed by atoms with E-state index in [1.165, 1.54) is 19.2 Å². The molecule has 2 rings (SSSR count). The summed E-state index contributed by atoms with van der Waals surface area (Å²) in [5.41, 5.74) is -1.25.